The van der Waals surface area contributed by atoms with Gasteiger partial charge in [-0.05, 0) is 42.3 Å². The highest BCUT2D eigenvalue weighted by atomic mass is 19.1. The molecule has 0 radical (unpaired) electrons. The van der Waals surface area contributed by atoms with Crippen molar-refractivity contribution in [1.29, 1.82) is 0 Å². The average Bonchev–Trinajstić information content (AvgIpc) is 3.29. The Labute approximate surface area is 192 Å². The number of anilines is 1. The number of carbonyl (C=O) groups is 1. The first-order valence-corrected chi connectivity index (χ1v) is 10.8. The standard InChI is InChI=1S/C26H26FN3O3/c1-18-7-3-4-8-22(18)24-15-21(33-29-24)17-30(16-19-11-13-20(27)14-12-19)26(31)28-23-9-5-6-10-25(23)32-2/h3-14,21H,15-17H2,1-2H3,(H,28,31)/t21-/m1/s1. The van der Waals surface area contributed by atoms with Gasteiger partial charge in [0, 0.05) is 18.5 Å². The number of halogens is 1. The second-order valence-corrected chi connectivity index (χ2v) is 7.92. The largest absolute Gasteiger partial charge is 0.495 e. The number of benzene rings is 3. The molecule has 6 nitrogen and oxygen atoms in total. The van der Waals surface area contributed by atoms with Crippen LogP contribution in [0.3, 0.4) is 0 Å². The van der Waals surface area contributed by atoms with Crippen molar-refractivity contribution >= 4 is 17.4 Å². The van der Waals surface area contributed by atoms with E-state index in [1.54, 1.807) is 36.3 Å². The first kappa shape index (κ1) is 22.3. The van der Waals surface area contributed by atoms with E-state index >= 15 is 0 Å². The summed E-state index contributed by atoms with van der Waals surface area (Å²) in [5.74, 6) is 0.244. The number of para-hydroxylation sites is 2. The summed E-state index contributed by atoms with van der Waals surface area (Å²) in [4.78, 5) is 20.6. The van der Waals surface area contributed by atoms with Gasteiger partial charge in [0.05, 0.1) is 25.1 Å². The van der Waals surface area contributed by atoms with Crippen LogP contribution in [0.1, 0.15) is 23.1 Å². The van der Waals surface area contributed by atoms with Gasteiger partial charge in [-0.25, -0.2) is 9.18 Å². The van der Waals surface area contributed by atoms with Crippen LogP contribution in [-0.2, 0) is 11.4 Å². The fourth-order valence-electron chi connectivity index (χ4n) is 3.80. The SMILES string of the molecule is COc1ccccc1NC(=O)N(Cc1ccc(F)cc1)C[C@H]1CC(c2ccccc2C)=NO1. The number of nitrogens with zero attached hydrogens (tertiary/aromatic N) is 2. The number of hydrogen-bond donors (Lipinski definition) is 1. The number of ether oxygens (including phenoxy) is 1. The number of methoxy groups -OCH3 is 1. The normalized spacial score (nSPS) is 14.9. The van der Waals surface area contributed by atoms with E-state index in [9.17, 15) is 9.18 Å². The maximum absolute atomic E-state index is 13.4. The van der Waals surface area contributed by atoms with Crippen molar-refractivity contribution in [3.05, 3.63) is 95.3 Å². The fourth-order valence-corrected chi connectivity index (χ4v) is 3.80. The van der Waals surface area contributed by atoms with Crippen LogP contribution in [-0.4, -0.2) is 36.4 Å². The molecule has 3 aromatic carbocycles. The zero-order valence-corrected chi connectivity index (χ0v) is 18.6. The van der Waals surface area contributed by atoms with Gasteiger partial charge in [0.1, 0.15) is 11.6 Å². The number of urea groups is 1. The van der Waals surface area contributed by atoms with E-state index in [0.29, 0.717) is 30.9 Å². The van der Waals surface area contributed by atoms with Gasteiger partial charge in [-0.15, -0.1) is 0 Å². The van der Waals surface area contributed by atoms with Crippen LogP contribution < -0.4 is 10.1 Å². The number of amides is 2. The van der Waals surface area contributed by atoms with E-state index < -0.39 is 0 Å². The fraction of sp³-hybridized carbons (Fsp3) is 0.231. The van der Waals surface area contributed by atoms with Gasteiger partial charge in [-0.3, -0.25) is 0 Å². The van der Waals surface area contributed by atoms with Crippen molar-refractivity contribution in [2.45, 2.75) is 26.0 Å². The number of aryl methyl sites for hydroxylation is 1. The number of rotatable bonds is 7. The molecule has 4 rings (SSSR count). The lowest BCUT2D eigenvalue weighted by Crippen LogP contribution is -2.40. The number of hydrogen-bond acceptors (Lipinski definition) is 4. The van der Waals surface area contributed by atoms with Gasteiger partial charge in [0.25, 0.3) is 0 Å². The number of oxime groups is 1. The van der Waals surface area contributed by atoms with Gasteiger partial charge in [-0.2, -0.15) is 0 Å². The second-order valence-electron chi connectivity index (χ2n) is 7.92. The molecule has 33 heavy (non-hydrogen) atoms. The van der Waals surface area contributed by atoms with Crippen LogP contribution in [0.2, 0.25) is 0 Å². The molecule has 2 amide bonds. The van der Waals surface area contributed by atoms with Crippen molar-refractivity contribution in [3.8, 4) is 5.75 Å². The molecular formula is C26H26FN3O3. The van der Waals surface area contributed by atoms with E-state index in [4.69, 9.17) is 9.57 Å². The monoisotopic (exact) mass is 447 g/mol. The third kappa shape index (κ3) is 5.49. The Morgan fingerprint density at radius 1 is 1.12 bits per heavy atom. The van der Waals surface area contributed by atoms with Crippen molar-refractivity contribution in [2.75, 3.05) is 19.0 Å². The summed E-state index contributed by atoms with van der Waals surface area (Å²) in [7, 11) is 1.55. The maximum atomic E-state index is 13.4. The molecule has 170 valence electrons. The van der Waals surface area contributed by atoms with Crippen LogP contribution >= 0.6 is 0 Å². The van der Waals surface area contributed by atoms with E-state index in [0.717, 1.165) is 22.4 Å². The molecule has 0 fully saturated rings. The van der Waals surface area contributed by atoms with E-state index in [1.165, 1.54) is 12.1 Å². The molecule has 1 heterocycles. The molecular weight excluding hydrogens is 421 g/mol. The molecule has 1 N–H and O–H groups in total. The Hall–Kier alpha value is -3.87. The van der Waals surface area contributed by atoms with Crippen LogP contribution in [0.25, 0.3) is 0 Å². The van der Waals surface area contributed by atoms with E-state index in [-0.39, 0.29) is 18.0 Å². The highest BCUT2D eigenvalue weighted by Crippen LogP contribution is 2.25. The Kier molecular flexibility index (Phi) is 6.88. The lowest BCUT2D eigenvalue weighted by molar-refractivity contribution is 0.0608. The predicted molar refractivity (Wildman–Crippen MR) is 126 cm³/mol. The highest BCUT2D eigenvalue weighted by molar-refractivity contribution is 6.02. The lowest BCUT2D eigenvalue weighted by atomic mass is 10.0. The van der Waals surface area contributed by atoms with Gasteiger partial charge in [0.2, 0.25) is 0 Å². The summed E-state index contributed by atoms with van der Waals surface area (Å²) >= 11 is 0. The molecule has 0 bridgehead atoms. The minimum atomic E-state index is -0.320. The zero-order valence-electron chi connectivity index (χ0n) is 18.6. The Morgan fingerprint density at radius 2 is 1.85 bits per heavy atom. The van der Waals surface area contributed by atoms with Crippen molar-refractivity contribution in [3.63, 3.8) is 0 Å². The summed E-state index contributed by atoms with van der Waals surface area (Å²) < 4.78 is 18.7. The number of carbonyl (C=O) groups excluding carboxylic acids is 1. The summed E-state index contributed by atoms with van der Waals surface area (Å²) in [6.07, 6.45) is 0.302. The van der Waals surface area contributed by atoms with Crippen molar-refractivity contribution in [2.24, 2.45) is 5.16 Å². The molecule has 0 unspecified atom stereocenters. The lowest BCUT2D eigenvalue weighted by Gasteiger charge is -2.25. The molecule has 1 aliphatic rings. The quantitative estimate of drug-likeness (QED) is 0.530. The van der Waals surface area contributed by atoms with E-state index in [1.807, 2.05) is 43.3 Å². The summed E-state index contributed by atoms with van der Waals surface area (Å²) in [6.45, 7) is 2.64. The van der Waals surface area contributed by atoms with Crippen LogP contribution in [0.5, 0.6) is 5.75 Å². The minimum Gasteiger partial charge on any atom is -0.495 e. The average molecular weight is 448 g/mol. The Morgan fingerprint density at radius 3 is 2.61 bits per heavy atom. The van der Waals surface area contributed by atoms with Crippen LogP contribution in [0, 0.1) is 12.7 Å². The summed E-state index contributed by atoms with van der Waals surface area (Å²) in [5.41, 5.74) is 4.41. The second kappa shape index (κ2) is 10.2. The van der Waals surface area contributed by atoms with Crippen LogP contribution in [0.15, 0.2) is 78.0 Å². The number of nitrogens with one attached hydrogen (secondary N) is 1. The van der Waals surface area contributed by atoms with E-state index in [2.05, 4.69) is 10.5 Å². The van der Waals surface area contributed by atoms with Crippen molar-refractivity contribution < 1.29 is 18.8 Å². The zero-order chi connectivity index (χ0) is 23.2. The summed E-state index contributed by atoms with van der Waals surface area (Å²) in [6, 6.07) is 21.0. The third-order valence-electron chi connectivity index (χ3n) is 5.54. The van der Waals surface area contributed by atoms with Gasteiger partial charge in [-0.1, -0.05) is 53.7 Å². The molecule has 0 saturated heterocycles. The molecule has 3 aromatic rings. The highest BCUT2D eigenvalue weighted by Gasteiger charge is 2.28. The van der Waals surface area contributed by atoms with Gasteiger partial charge < -0.3 is 19.8 Å². The summed E-state index contributed by atoms with van der Waals surface area (Å²) in [5, 5.41) is 7.19. The molecule has 1 atom stereocenters. The third-order valence-corrected chi connectivity index (χ3v) is 5.54. The first-order valence-electron chi connectivity index (χ1n) is 10.8. The first-order chi connectivity index (χ1) is 16.0. The Bertz CT molecular complexity index is 1150. The molecule has 0 spiro atoms. The maximum Gasteiger partial charge on any atom is 0.322 e. The smallest absolute Gasteiger partial charge is 0.322 e. The predicted octanol–water partition coefficient (Wildman–Crippen LogP) is 5.37. The van der Waals surface area contributed by atoms with Crippen molar-refractivity contribution in [1.82, 2.24) is 4.90 Å². The van der Waals surface area contributed by atoms with Gasteiger partial charge in [0.15, 0.2) is 6.10 Å². The molecule has 0 aliphatic carbocycles. The topological polar surface area (TPSA) is 63.2 Å². The molecule has 0 saturated carbocycles. The molecule has 1 aliphatic heterocycles. The van der Waals surface area contributed by atoms with Gasteiger partial charge >= 0.3 is 6.03 Å². The molecule has 7 heteroatoms. The Balaban J connectivity index is 1.50. The van der Waals surface area contributed by atoms with Crippen LogP contribution in [0.4, 0.5) is 14.9 Å². The minimum absolute atomic E-state index is 0.288. The molecule has 0 aromatic heterocycles.